The highest BCUT2D eigenvalue weighted by molar-refractivity contribution is 7.98. The molecule has 5 nitrogen and oxygen atoms in total. The number of hydrogen-bond acceptors (Lipinski definition) is 6. The molecular formula is C13H18ClN3O2S2. The van der Waals surface area contributed by atoms with Crippen molar-refractivity contribution in [1.29, 1.82) is 0 Å². The summed E-state index contributed by atoms with van der Waals surface area (Å²) in [7, 11) is 0. The molecule has 8 heteroatoms. The number of carbonyl (C=O) groups is 1. The molecule has 21 heavy (non-hydrogen) atoms. The van der Waals surface area contributed by atoms with Crippen LogP contribution in [0.1, 0.15) is 12.1 Å². The number of halogens is 1. The summed E-state index contributed by atoms with van der Waals surface area (Å²) in [6.45, 7) is 0.334. The van der Waals surface area contributed by atoms with E-state index < -0.39 is 6.04 Å². The van der Waals surface area contributed by atoms with Gasteiger partial charge in [-0.05, 0) is 29.9 Å². The standard InChI is InChI=1S/C13H17N3O2S2.ClH/c1-19-6-4-10(14)12(17)15-7-9-8-18-13(16-9)11-3-2-5-20-11;/h2-3,5,8,10H,4,6-7,14H2,1H3,(H,15,17);1H/t10-;/m0./s1. The van der Waals surface area contributed by atoms with Crippen molar-refractivity contribution >= 4 is 41.4 Å². The van der Waals surface area contributed by atoms with Crippen molar-refractivity contribution in [3.8, 4) is 10.8 Å². The topological polar surface area (TPSA) is 81.2 Å². The lowest BCUT2D eigenvalue weighted by Gasteiger charge is -2.10. The van der Waals surface area contributed by atoms with Crippen molar-refractivity contribution in [3.63, 3.8) is 0 Å². The number of thiophene rings is 1. The zero-order valence-corrected chi connectivity index (χ0v) is 14.0. The molecule has 0 spiro atoms. The van der Waals surface area contributed by atoms with Crippen molar-refractivity contribution in [2.24, 2.45) is 5.73 Å². The predicted molar refractivity (Wildman–Crippen MR) is 89.9 cm³/mol. The van der Waals surface area contributed by atoms with Crippen molar-refractivity contribution < 1.29 is 9.21 Å². The molecule has 0 unspecified atom stereocenters. The maximum atomic E-state index is 11.8. The van der Waals surface area contributed by atoms with Crippen LogP contribution in [0.15, 0.2) is 28.2 Å². The number of nitrogens with zero attached hydrogens (tertiary/aromatic N) is 1. The Kier molecular flexibility index (Phi) is 7.81. The third kappa shape index (κ3) is 5.35. The molecule has 0 aliphatic carbocycles. The number of thioether (sulfide) groups is 1. The van der Waals surface area contributed by atoms with Crippen LogP contribution >= 0.6 is 35.5 Å². The number of nitrogens with one attached hydrogen (secondary N) is 1. The van der Waals surface area contributed by atoms with E-state index in [2.05, 4.69) is 10.3 Å². The summed E-state index contributed by atoms with van der Waals surface area (Å²) in [5.41, 5.74) is 6.48. The van der Waals surface area contributed by atoms with Crippen molar-refractivity contribution in [2.45, 2.75) is 19.0 Å². The SMILES string of the molecule is CSCC[C@H](N)C(=O)NCc1coc(-c2cccs2)n1.Cl. The average molecular weight is 348 g/mol. The third-order valence-electron chi connectivity index (χ3n) is 2.70. The molecule has 0 radical (unpaired) electrons. The van der Waals surface area contributed by atoms with Gasteiger partial charge in [-0.2, -0.15) is 11.8 Å². The summed E-state index contributed by atoms with van der Waals surface area (Å²) in [6, 6.07) is 3.42. The van der Waals surface area contributed by atoms with Crippen LogP contribution in [-0.4, -0.2) is 28.9 Å². The van der Waals surface area contributed by atoms with E-state index in [1.54, 1.807) is 29.4 Å². The van der Waals surface area contributed by atoms with E-state index in [1.807, 2.05) is 23.8 Å². The van der Waals surface area contributed by atoms with Gasteiger partial charge in [-0.1, -0.05) is 6.07 Å². The summed E-state index contributed by atoms with van der Waals surface area (Å²) in [4.78, 5) is 17.1. The number of carbonyl (C=O) groups excluding carboxylic acids is 1. The Morgan fingerprint density at radius 1 is 1.62 bits per heavy atom. The molecule has 0 saturated heterocycles. The molecular weight excluding hydrogens is 330 g/mol. The van der Waals surface area contributed by atoms with Gasteiger partial charge in [0.05, 0.1) is 23.2 Å². The molecule has 0 aliphatic heterocycles. The van der Waals surface area contributed by atoms with Gasteiger partial charge in [0.2, 0.25) is 11.8 Å². The summed E-state index contributed by atoms with van der Waals surface area (Å²) >= 11 is 3.24. The minimum atomic E-state index is -0.467. The monoisotopic (exact) mass is 347 g/mol. The second kappa shape index (κ2) is 9.09. The largest absolute Gasteiger partial charge is 0.443 e. The molecule has 116 valence electrons. The predicted octanol–water partition coefficient (Wildman–Crippen LogP) is 2.52. The Morgan fingerprint density at radius 3 is 3.10 bits per heavy atom. The van der Waals surface area contributed by atoms with Crippen molar-refractivity contribution in [1.82, 2.24) is 10.3 Å². The van der Waals surface area contributed by atoms with E-state index in [0.29, 0.717) is 24.6 Å². The molecule has 2 rings (SSSR count). The lowest BCUT2D eigenvalue weighted by Crippen LogP contribution is -2.40. The van der Waals surface area contributed by atoms with Gasteiger partial charge in [-0.15, -0.1) is 23.7 Å². The van der Waals surface area contributed by atoms with Gasteiger partial charge < -0.3 is 15.5 Å². The fourth-order valence-electron chi connectivity index (χ4n) is 1.59. The Balaban J connectivity index is 0.00000220. The van der Waals surface area contributed by atoms with Crippen LogP contribution in [0.2, 0.25) is 0 Å². The number of amides is 1. The molecule has 1 atom stereocenters. The van der Waals surface area contributed by atoms with Gasteiger partial charge in [0.15, 0.2) is 0 Å². The third-order valence-corrected chi connectivity index (χ3v) is 4.20. The average Bonchev–Trinajstić information content (AvgIpc) is 3.12. The molecule has 0 aliphatic rings. The summed E-state index contributed by atoms with van der Waals surface area (Å²) in [5, 5.41) is 4.74. The smallest absolute Gasteiger partial charge is 0.237 e. The van der Waals surface area contributed by atoms with Crippen LogP contribution in [0.5, 0.6) is 0 Å². The zero-order chi connectivity index (χ0) is 14.4. The van der Waals surface area contributed by atoms with E-state index in [-0.39, 0.29) is 18.3 Å². The van der Waals surface area contributed by atoms with E-state index >= 15 is 0 Å². The number of hydrogen-bond donors (Lipinski definition) is 2. The Hall–Kier alpha value is -1.02. The van der Waals surface area contributed by atoms with Gasteiger partial charge in [-0.25, -0.2) is 4.98 Å². The highest BCUT2D eigenvalue weighted by Crippen LogP contribution is 2.23. The van der Waals surface area contributed by atoms with E-state index in [1.165, 1.54) is 0 Å². The van der Waals surface area contributed by atoms with Gasteiger partial charge in [0.25, 0.3) is 0 Å². The maximum Gasteiger partial charge on any atom is 0.237 e. The van der Waals surface area contributed by atoms with E-state index in [4.69, 9.17) is 10.2 Å². The molecule has 0 saturated carbocycles. The number of rotatable bonds is 7. The lowest BCUT2D eigenvalue weighted by atomic mass is 10.2. The highest BCUT2D eigenvalue weighted by atomic mass is 35.5. The normalized spacial score (nSPS) is 11.7. The fraction of sp³-hybridized carbons (Fsp3) is 0.385. The Labute approximate surface area is 138 Å². The van der Waals surface area contributed by atoms with Crippen LogP contribution in [0.4, 0.5) is 0 Å². The van der Waals surface area contributed by atoms with Gasteiger partial charge >= 0.3 is 0 Å². The molecule has 2 aromatic rings. The molecule has 2 heterocycles. The van der Waals surface area contributed by atoms with E-state index in [0.717, 1.165) is 10.6 Å². The number of oxazole rings is 1. The summed E-state index contributed by atoms with van der Waals surface area (Å²) < 4.78 is 5.38. The molecule has 2 aromatic heterocycles. The minimum absolute atomic E-state index is 0. The Bertz CT molecular complexity index is 545. The lowest BCUT2D eigenvalue weighted by molar-refractivity contribution is -0.122. The first-order valence-corrected chi connectivity index (χ1v) is 8.48. The second-order valence-corrected chi connectivity index (χ2v) is 6.16. The Morgan fingerprint density at radius 2 is 2.43 bits per heavy atom. The van der Waals surface area contributed by atoms with Crippen molar-refractivity contribution in [2.75, 3.05) is 12.0 Å². The first kappa shape index (κ1) is 18.0. The molecule has 0 aromatic carbocycles. The van der Waals surface area contributed by atoms with Gasteiger partial charge in [0, 0.05) is 0 Å². The first-order valence-electron chi connectivity index (χ1n) is 6.21. The highest BCUT2D eigenvalue weighted by Gasteiger charge is 2.13. The summed E-state index contributed by atoms with van der Waals surface area (Å²) in [6.07, 6.45) is 4.22. The van der Waals surface area contributed by atoms with Crippen LogP contribution in [-0.2, 0) is 11.3 Å². The quantitative estimate of drug-likeness (QED) is 0.804. The van der Waals surface area contributed by atoms with Gasteiger partial charge in [-0.3, -0.25) is 4.79 Å². The van der Waals surface area contributed by atoms with E-state index in [9.17, 15) is 4.79 Å². The van der Waals surface area contributed by atoms with Crippen LogP contribution in [0.25, 0.3) is 10.8 Å². The number of nitrogens with two attached hydrogens (primary N) is 1. The zero-order valence-electron chi connectivity index (χ0n) is 11.6. The molecule has 3 N–H and O–H groups in total. The summed E-state index contributed by atoms with van der Waals surface area (Å²) in [5.74, 6) is 1.30. The van der Waals surface area contributed by atoms with Crippen molar-refractivity contribution in [3.05, 3.63) is 29.5 Å². The fourth-order valence-corrected chi connectivity index (χ4v) is 2.73. The number of aromatic nitrogens is 1. The van der Waals surface area contributed by atoms with Crippen LogP contribution in [0, 0.1) is 0 Å². The molecule has 0 fully saturated rings. The second-order valence-electron chi connectivity index (χ2n) is 4.23. The van der Waals surface area contributed by atoms with Crippen LogP contribution < -0.4 is 11.1 Å². The maximum absolute atomic E-state index is 11.8. The van der Waals surface area contributed by atoms with Crippen LogP contribution in [0.3, 0.4) is 0 Å². The van der Waals surface area contributed by atoms with Gasteiger partial charge in [0.1, 0.15) is 6.26 Å². The molecule has 1 amide bonds. The molecule has 0 bridgehead atoms. The first-order chi connectivity index (χ1) is 9.70. The minimum Gasteiger partial charge on any atom is -0.443 e.